The third-order valence-electron chi connectivity index (χ3n) is 2.26. The number of benzene rings is 1. The van der Waals surface area contributed by atoms with Crippen LogP contribution >= 0.6 is 0 Å². The van der Waals surface area contributed by atoms with Crippen LogP contribution in [0.25, 0.3) is 0 Å². The van der Waals surface area contributed by atoms with E-state index in [1.54, 1.807) is 6.07 Å². The minimum Gasteiger partial charge on any atom is -0.418 e. The van der Waals surface area contributed by atoms with Gasteiger partial charge in [-0.05, 0) is 19.1 Å². The van der Waals surface area contributed by atoms with E-state index in [1.165, 1.54) is 38.2 Å². The van der Waals surface area contributed by atoms with Crippen molar-refractivity contribution in [1.82, 2.24) is 4.31 Å². The van der Waals surface area contributed by atoms with Crippen LogP contribution in [-0.2, 0) is 14.3 Å². The van der Waals surface area contributed by atoms with E-state index in [9.17, 15) is 34.6 Å². The van der Waals surface area contributed by atoms with Gasteiger partial charge in [-0.2, -0.15) is 0 Å². The second kappa shape index (κ2) is 7.25. The zero-order chi connectivity index (χ0) is 16.9. The van der Waals surface area contributed by atoms with E-state index in [2.05, 4.69) is 0 Å². The second-order valence-electron chi connectivity index (χ2n) is 3.72. The summed E-state index contributed by atoms with van der Waals surface area (Å²) in [6.45, 7) is 1.60. The molecule has 1 rings (SSSR count). The lowest BCUT2D eigenvalue weighted by Crippen LogP contribution is -2.44. The van der Waals surface area contributed by atoms with Gasteiger partial charge < -0.3 is 17.3 Å². The minimum absolute atomic E-state index is 0.0627. The lowest BCUT2D eigenvalue weighted by molar-refractivity contribution is -0.0470. The quantitative estimate of drug-likeness (QED) is 0.458. The Morgan fingerprint density at radius 1 is 1.10 bits per heavy atom. The molecule has 0 saturated heterocycles. The zero-order valence-electron chi connectivity index (χ0n) is 11.1. The number of rotatable bonds is 3. The van der Waals surface area contributed by atoms with Crippen molar-refractivity contribution in [3.05, 3.63) is 30.3 Å². The van der Waals surface area contributed by atoms with Gasteiger partial charge in [-0.1, -0.05) is 22.4 Å². The molecular formula is C10H13BF7NOS. The smallest absolute Gasteiger partial charge is 0.418 e. The van der Waals surface area contributed by atoms with Gasteiger partial charge in [-0.25, -0.2) is 0 Å². The summed E-state index contributed by atoms with van der Waals surface area (Å²) < 4.78 is 90.7. The van der Waals surface area contributed by atoms with Gasteiger partial charge in [0, 0.05) is 13.6 Å². The number of hydrogen-bond acceptors (Lipinski definition) is 1. The Morgan fingerprint density at radius 2 is 1.48 bits per heavy atom. The van der Waals surface area contributed by atoms with Crippen molar-refractivity contribution in [3.63, 3.8) is 0 Å². The van der Waals surface area contributed by atoms with E-state index in [-0.39, 0.29) is 11.4 Å². The maximum absolute atomic E-state index is 12.9. The summed E-state index contributed by atoms with van der Waals surface area (Å²) in [5.41, 5.74) is -4.76. The van der Waals surface area contributed by atoms with E-state index >= 15 is 0 Å². The molecule has 2 nitrogen and oxygen atoms in total. The zero-order valence-corrected chi connectivity index (χ0v) is 11.9. The molecule has 1 atom stereocenters. The fourth-order valence-electron chi connectivity index (χ4n) is 1.28. The summed E-state index contributed by atoms with van der Waals surface area (Å²) in [7, 11) is -8.97. The van der Waals surface area contributed by atoms with Crippen molar-refractivity contribution in [1.29, 1.82) is 0 Å². The van der Waals surface area contributed by atoms with Crippen molar-refractivity contribution < 1.29 is 34.6 Å². The standard InChI is InChI=1S/C10H13F3NOS.BF4/c1-3-14(2)16(15,10(11,12)13)9-7-5-4-6-8-9;2-1(3,4)5/h4-8H,3H2,1-2H3;/q+1;-1. The predicted molar refractivity (Wildman–Crippen MR) is 67.3 cm³/mol. The molecule has 0 saturated carbocycles. The molecule has 21 heavy (non-hydrogen) atoms. The molecule has 0 N–H and O–H groups in total. The number of alkyl halides is 3. The van der Waals surface area contributed by atoms with Crippen LogP contribution in [0.2, 0.25) is 0 Å². The third-order valence-corrected chi connectivity index (χ3v) is 4.94. The van der Waals surface area contributed by atoms with Gasteiger partial charge in [-0.3, -0.25) is 0 Å². The van der Waals surface area contributed by atoms with Crippen LogP contribution in [0.5, 0.6) is 0 Å². The molecule has 0 aromatic heterocycles. The predicted octanol–water partition coefficient (Wildman–Crippen LogP) is 4.23. The van der Waals surface area contributed by atoms with Gasteiger partial charge in [0.1, 0.15) is 0 Å². The molecule has 0 aliphatic carbocycles. The Bertz CT molecular complexity index is 471. The number of halogens is 7. The summed E-state index contributed by atoms with van der Waals surface area (Å²) in [5.74, 6) is 0. The molecule has 1 unspecified atom stereocenters. The molecule has 1 aromatic carbocycles. The van der Waals surface area contributed by atoms with Gasteiger partial charge in [0.25, 0.3) is 10.1 Å². The molecule has 0 aliphatic heterocycles. The first-order valence-corrected chi connectivity index (χ1v) is 7.09. The fraction of sp³-hybridized carbons (Fsp3) is 0.400. The van der Waals surface area contributed by atoms with Crippen LogP contribution in [0.3, 0.4) is 0 Å². The maximum atomic E-state index is 12.9. The molecule has 0 bridgehead atoms. The van der Waals surface area contributed by atoms with Crippen molar-refractivity contribution in [2.24, 2.45) is 0 Å². The Hall–Kier alpha value is -1.10. The average Bonchev–Trinajstić information content (AvgIpc) is 2.34. The van der Waals surface area contributed by atoms with Crippen LogP contribution in [0.1, 0.15) is 6.92 Å². The van der Waals surface area contributed by atoms with Crippen molar-refractivity contribution in [2.75, 3.05) is 13.6 Å². The molecule has 122 valence electrons. The highest BCUT2D eigenvalue weighted by atomic mass is 32.3. The molecular weight excluding hydrogens is 326 g/mol. The third kappa shape index (κ3) is 6.04. The van der Waals surface area contributed by atoms with E-state index in [0.29, 0.717) is 0 Å². The van der Waals surface area contributed by atoms with Gasteiger partial charge in [0.2, 0.25) is 0 Å². The lowest BCUT2D eigenvalue weighted by atomic mass is 10.3. The van der Waals surface area contributed by atoms with Crippen LogP contribution in [0, 0.1) is 0 Å². The lowest BCUT2D eigenvalue weighted by Gasteiger charge is -2.20. The Morgan fingerprint density at radius 3 is 1.76 bits per heavy atom. The molecule has 0 heterocycles. The van der Waals surface area contributed by atoms with Gasteiger partial charge >= 0.3 is 12.8 Å². The number of hydrogen-bond donors (Lipinski definition) is 0. The van der Waals surface area contributed by atoms with E-state index in [4.69, 9.17) is 0 Å². The summed E-state index contributed by atoms with van der Waals surface area (Å²) in [4.78, 5) is -0.202. The fourth-order valence-corrected chi connectivity index (χ4v) is 3.15. The monoisotopic (exact) mass is 339 g/mol. The Kier molecular flexibility index (Phi) is 6.88. The van der Waals surface area contributed by atoms with E-state index in [1.807, 2.05) is 0 Å². The largest absolute Gasteiger partial charge is 0.673 e. The highest BCUT2D eigenvalue weighted by Crippen LogP contribution is 2.39. The SMILES string of the molecule is CCN(C)[S+](=O)(c1ccccc1)C(F)(F)F.F[B-](F)(F)F. The van der Waals surface area contributed by atoms with Crippen LogP contribution < -0.4 is 0 Å². The summed E-state index contributed by atoms with van der Waals surface area (Å²) in [6, 6.07) is 6.96. The Labute approximate surface area is 118 Å². The molecule has 0 spiro atoms. The summed E-state index contributed by atoms with van der Waals surface area (Å²) in [5, 5.41) is 0. The van der Waals surface area contributed by atoms with Crippen LogP contribution in [0.15, 0.2) is 35.2 Å². The number of nitrogens with zero attached hydrogens (tertiary/aromatic N) is 1. The minimum atomic E-state index is -6.00. The highest BCUT2D eigenvalue weighted by molar-refractivity contribution is 8.01. The van der Waals surface area contributed by atoms with E-state index in [0.717, 1.165) is 4.31 Å². The van der Waals surface area contributed by atoms with Crippen molar-refractivity contribution >= 4 is 17.4 Å². The first-order valence-electron chi connectivity index (χ1n) is 5.58. The van der Waals surface area contributed by atoms with E-state index < -0.39 is 22.9 Å². The van der Waals surface area contributed by atoms with Crippen molar-refractivity contribution in [2.45, 2.75) is 17.3 Å². The second-order valence-corrected chi connectivity index (χ2v) is 6.33. The van der Waals surface area contributed by atoms with Crippen molar-refractivity contribution in [3.8, 4) is 0 Å². The molecule has 11 heteroatoms. The van der Waals surface area contributed by atoms with Crippen LogP contribution in [-0.4, -0.2) is 30.7 Å². The molecule has 1 aromatic rings. The molecule has 0 radical (unpaired) electrons. The van der Waals surface area contributed by atoms with Gasteiger partial charge in [0.15, 0.2) is 4.90 Å². The van der Waals surface area contributed by atoms with Gasteiger partial charge in [0.05, 0.1) is 0 Å². The average molecular weight is 339 g/mol. The van der Waals surface area contributed by atoms with Crippen LogP contribution in [0.4, 0.5) is 30.4 Å². The van der Waals surface area contributed by atoms with Gasteiger partial charge in [-0.15, -0.1) is 17.5 Å². The molecule has 0 fully saturated rings. The summed E-state index contributed by atoms with van der Waals surface area (Å²) in [6.07, 6.45) is 0. The first-order chi connectivity index (χ1) is 9.34. The topological polar surface area (TPSA) is 20.3 Å². The molecule has 0 aliphatic rings. The Balaban J connectivity index is 0.000000690. The molecule has 0 amide bonds. The maximum Gasteiger partial charge on any atom is 0.673 e. The highest BCUT2D eigenvalue weighted by Gasteiger charge is 2.63. The summed E-state index contributed by atoms with van der Waals surface area (Å²) >= 11 is 0. The first kappa shape index (κ1) is 19.9. The normalized spacial score (nSPS) is 15.1.